The smallest absolute Gasteiger partial charge is 0.658 e. The molecular formula is C16H12LiN. The molecule has 0 heterocycles. The first-order valence-corrected chi connectivity index (χ1v) is 5.67. The molecule has 82 valence electrons. The molecule has 0 aliphatic carbocycles. The Morgan fingerprint density at radius 1 is 0.556 bits per heavy atom. The average Bonchev–Trinajstić information content (AvgIpc) is 2.40. The van der Waals surface area contributed by atoms with Gasteiger partial charge < -0.3 is 5.32 Å². The Hall–Kier alpha value is -1.68. The Morgan fingerprint density at radius 2 is 1.22 bits per heavy atom. The zero-order valence-electron chi connectivity index (χ0n) is 10.4. The first-order valence-electron chi connectivity index (χ1n) is 5.67. The van der Waals surface area contributed by atoms with Crippen LogP contribution in [0.15, 0.2) is 72.8 Å². The van der Waals surface area contributed by atoms with Crippen LogP contribution in [0.1, 0.15) is 0 Å². The van der Waals surface area contributed by atoms with Crippen LogP contribution < -0.4 is 18.9 Å². The Kier molecular flexibility index (Phi) is 4.10. The number of nitrogens with zero attached hydrogens (tertiary/aromatic N) is 1. The number of hydrogen-bond donors (Lipinski definition) is 0. The molecule has 0 saturated heterocycles. The molecule has 3 aromatic rings. The summed E-state index contributed by atoms with van der Waals surface area (Å²) in [6.45, 7) is 0. The zero-order chi connectivity index (χ0) is 11.5. The molecule has 0 aliphatic rings. The SMILES string of the molecule is [Li+].c1ccc([N-]c2ccc3ccccc3c2)cc1. The first-order chi connectivity index (χ1) is 8.42. The number of para-hydroxylation sites is 1. The van der Waals surface area contributed by atoms with E-state index < -0.39 is 0 Å². The van der Waals surface area contributed by atoms with Gasteiger partial charge in [0.25, 0.3) is 0 Å². The van der Waals surface area contributed by atoms with Crippen molar-refractivity contribution in [2.45, 2.75) is 0 Å². The summed E-state index contributed by atoms with van der Waals surface area (Å²) in [6.07, 6.45) is 0. The molecule has 0 atom stereocenters. The summed E-state index contributed by atoms with van der Waals surface area (Å²) in [5, 5.41) is 7.07. The van der Waals surface area contributed by atoms with Crippen molar-refractivity contribution in [1.82, 2.24) is 0 Å². The fourth-order valence-electron chi connectivity index (χ4n) is 1.90. The summed E-state index contributed by atoms with van der Waals surface area (Å²) in [5.74, 6) is 0. The second-order valence-corrected chi connectivity index (χ2v) is 3.98. The van der Waals surface area contributed by atoms with Gasteiger partial charge in [-0.15, -0.1) is 11.4 Å². The number of fused-ring (bicyclic) bond motifs is 1. The van der Waals surface area contributed by atoms with Crippen molar-refractivity contribution in [3.8, 4) is 0 Å². The van der Waals surface area contributed by atoms with E-state index in [1.165, 1.54) is 10.8 Å². The summed E-state index contributed by atoms with van der Waals surface area (Å²) in [7, 11) is 0. The largest absolute Gasteiger partial charge is 1.00 e. The van der Waals surface area contributed by atoms with E-state index in [-0.39, 0.29) is 18.9 Å². The van der Waals surface area contributed by atoms with E-state index in [4.69, 9.17) is 0 Å². The maximum atomic E-state index is 4.59. The number of benzene rings is 3. The fourth-order valence-corrected chi connectivity index (χ4v) is 1.90. The van der Waals surface area contributed by atoms with Gasteiger partial charge in [0.2, 0.25) is 0 Å². The molecule has 0 bridgehead atoms. The van der Waals surface area contributed by atoms with E-state index in [1.54, 1.807) is 0 Å². The summed E-state index contributed by atoms with van der Waals surface area (Å²) >= 11 is 0. The van der Waals surface area contributed by atoms with Gasteiger partial charge in [0.15, 0.2) is 0 Å². The molecule has 0 radical (unpaired) electrons. The van der Waals surface area contributed by atoms with Crippen molar-refractivity contribution in [3.63, 3.8) is 0 Å². The minimum atomic E-state index is 0. The molecule has 0 spiro atoms. The van der Waals surface area contributed by atoms with Gasteiger partial charge in [-0.05, 0) is 10.8 Å². The van der Waals surface area contributed by atoms with Crippen LogP contribution in [0.25, 0.3) is 16.1 Å². The molecule has 1 nitrogen and oxygen atoms in total. The Morgan fingerprint density at radius 3 is 2.00 bits per heavy atom. The minimum absolute atomic E-state index is 0. The molecule has 0 N–H and O–H groups in total. The summed E-state index contributed by atoms with van der Waals surface area (Å²) in [5.41, 5.74) is 1.98. The monoisotopic (exact) mass is 225 g/mol. The van der Waals surface area contributed by atoms with Crippen molar-refractivity contribution in [3.05, 3.63) is 78.1 Å². The van der Waals surface area contributed by atoms with Crippen LogP contribution in [-0.2, 0) is 0 Å². The summed E-state index contributed by atoms with van der Waals surface area (Å²) in [6, 6.07) is 24.6. The standard InChI is InChI=1S/C16H12N.Li/c1-2-8-15(9-3-1)17-16-11-10-13-6-4-5-7-14(13)12-16;/h1-12H;/q-1;+1. The second kappa shape index (κ2) is 5.78. The van der Waals surface area contributed by atoms with Crippen LogP contribution in [0.4, 0.5) is 11.4 Å². The van der Waals surface area contributed by atoms with Gasteiger partial charge in [-0.2, -0.15) is 0 Å². The van der Waals surface area contributed by atoms with E-state index in [2.05, 4.69) is 47.8 Å². The van der Waals surface area contributed by atoms with E-state index in [0.29, 0.717) is 0 Å². The molecule has 3 rings (SSSR count). The molecular weight excluding hydrogens is 213 g/mol. The van der Waals surface area contributed by atoms with E-state index in [9.17, 15) is 0 Å². The van der Waals surface area contributed by atoms with Crippen molar-refractivity contribution in [2.75, 3.05) is 0 Å². The molecule has 0 amide bonds. The van der Waals surface area contributed by atoms with Gasteiger partial charge in [-0.1, -0.05) is 72.8 Å². The molecule has 18 heavy (non-hydrogen) atoms. The van der Waals surface area contributed by atoms with Crippen molar-refractivity contribution < 1.29 is 18.9 Å². The van der Waals surface area contributed by atoms with Crippen LogP contribution in [0.2, 0.25) is 0 Å². The van der Waals surface area contributed by atoms with Gasteiger partial charge in [0, 0.05) is 0 Å². The molecule has 0 fully saturated rings. The van der Waals surface area contributed by atoms with Crippen molar-refractivity contribution in [2.24, 2.45) is 0 Å². The molecule has 2 heteroatoms. The van der Waals surface area contributed by atoms with Crippen LogP contribution in [0.5, 0.6) is 0 Å². The predicted octanol–water partition coefficient (Wildman–Crippen LogP) is 2.18. The Bertz CT molecular complexity index is 635. The van der Waals surface area contributed by atoms with Gasteiger partial charge in [-0.25, -0.2) is 0 Å². The quantitative estimate of drug-likeness (QED) is 0.593. The van der Waals surface area contributed by atoms with Crippen molar-refractivity contribution >= 4 is 22.1 Å². The third-order valence-corrected chi connectivity index (χ3v) is 2.75. The second-order valence-electron chi connectivity index (χ2n) is 3.98. The zero-order valence-corrected chi connectivity index (χ0v) is 10.4. The summed E-state index contributed by atoms with van der Waals surface area (Å²) in [4.78, 5) is 0. The molecule has 0 aromatic heterocycles. The van der Waals surface area contributed by atoms with Crippen LogP contribution in [-0.4, -0.2) is 0 Å². The van der Waals surface area contributed by atoms with E-state index in [0.717, 1.165) is 11.4 Å². The van der Waals surface area contributed by atoms with Gasteiger partial charge in [-0.3, -0.25) is 0 Å². The molecule has 0 aliphatic heterocycles. The Labute approximate surface area is 119 Å². The molecule has 0 unspecified atom stereocenters. The normalized spacial score (nSPS) is 9.78. The Balaban J connectivity index is 0.00000120. The van der Waals surface area contributed by atoms with Crippen molar-refractivity contribution in [1.29, 1.82) is 0 Å². The van der Waals surface area contributed by atoms with Gasteiger partial charge in [0.1, 0.15) is 0 Å². The van der Waals surface area contributed by atoms with Crippen LogP contribution in [0.3, 0.4) is 0 Å². The van der Waals surface area contributed by atoms with Crippen LogP contribution in [0, 0.1) is 0 Å². The minimum Gasteiger partial charge on any atom is -0.658 e. The van der Waals surface area contributed by atoms with Crippen LogP contribution >= 0.6 is 0 Å². The maximum absolute atomic E-state index is 4.59. The molecule has 3 aromatic carbocycles. The van der Waals surface area contributed by atoms with Gasteiger partial charge in [0.05, 0.1) is 0 Å². The van der Waals surface area contributed by atoms with E-state index in [1.807, 2.05) is 30.3 Å². The van der Waals surface area contributed by atoms with E-state index >= 15 is 0 Å². The number of hydrogen-bond acceptors (Lipinski definition) is 0. The average molecular weight is 225 g/mol. The van der Waals surface area contributed by atoms with Gasteiger partial charge >= 0.3 is 18.9 Å². The third-order valence-electron chi connectivity index (χ3n) is 2.75. The topological polar surface area (TPSA) is 14.1 Å². The predicted molar refractivity (Wildman–Crippen MR) is 73.1 cm³/mol. The number of rotatable bonds is 2. The third kappa shape index (κ3) is 2.76. The molecule has 0 saturated carbocycles. The maximum Gasteiger partial charge on any atom is 1.00 e. The fraction of sp³-hybridized carbons (Fsp3) is 0. The first kappa shape index (κ1) is 12.8. The summed E-state index contributed by atoms with van der Waals surface area (Å²) < 4.78 is 0.